The number of benzene rings is 1. The normalized spacial score (nSPS) is 10.6. The maximum atomic E-state index is 9.59. The van der Waals surface area contributed by atoms with Gasteiger partial charge in [-0.2, -0.15) is 0 Å². The average Bonchev–Trinajstić information content (AvgIpc) is 2.23. The van der Waals surface area contributed by atoms with Crippen LogP contribution in [0.4, 0.5) is 0 Å². The Balaban J connectivity index is 2.68. The molecule has 0 aliphatic rings. The predicted molar refractivity (Wildman–Crippen MR) is 60.9 cm³/mol. The summed E-state index contributed by atoms with van der Waals surface area (Å²) in [5, 5.41) is 11.5. The SMILES string of the molecule is Oc1ccc(CCBr)c2cccnc12. The molecule has 3 heteroatoms. The molecule has 0 radical (unpaired) electrons. The number of aromatic hydroxyl groups is 1. The van der Waals surface area contributed by atoms with Gasteiger partial charge in [-0.25, -0.2) is 0 Å². The van der Waals surface area contributed by atoms with Crippen molar-refractivity contribution in [3.8, 4) is 5.75 Å². The molecule has 1 N–H and O–H groups in total. The van der Waals surface area contributed by atoms with Crippen LogP contribution in [0.5, 0.6) is 5.75 Å². The predicted octanol–water partition coefficient (Wildman–Crippen LogP) is 2.88. The Labute approximate surface area is 90.7 Å². The number of aryl methyl sites for hydroxylation is 1. The monoisotopic (exact) mass is 251 g/mol. The van der Waals surface area contributed by atoms with Gasteiger partial charge < -0.3 is 5.11 Å². The van der Waals surface area contributed by atoms with Gasteiger partial charge in [0.1, 0.15) is 11.3 Å². The molecule has 2 aromatic rings. The molecule has 1 aromatic carbocycles. The third-order valence-corrected chi connectivity index (χ3v) is 2.60. The lowest BCUT2D eigenvalue weighted by molar-refractivity contribution is 0.480. The minimum atomic E-state index is 0.249. The number of halogens is 1. The zero-order chi connectivity index (χ0) is 9.97. The van der Waals surface area contributed by atoms with Gasteiger partial charge in [0, 0.05) is 16.9 Å². The van der Waals surface area contributed by atoms with E-state index in [1.807, 2.05) is 18.2 Å². The number of rotatable bonds is 2. The Morgan fingerprint density at radius 3 is 2.93 bits per heavy atom. The standard InChI is InChI=1S/C11H10BrNO/c12-6-5-8-3-4-10(14)11-9(8)2-1-7-13-11/h1-4,7,14H,5-6H2. The second kappa shape index (κ2) is 3.96. The first-order valence-electron chi connectivity index (χ1n) is 4.44. The molecular weight excluding hydrogens is 242 g/mol. The van der Waals surface area contributed by atoms with Crippen molar-refractivity contribution in [1.29, 1.82) is 0 Å². The van der Waals surface area contributed by atoms with Gasteiger partial charge in [-0.05, 0) is 24.1 Å². The number of alkyl halides is 1. The van der Waals surface area contributed by atoms with Gasteiger partial charge in [0.25, 0.3) is 0 Å². The smallest absolute Gasteiger partial charge is 0.141 e. The van der Waals surface area contributed by atoms with E-state index in [1.165, 1.54) is 5.56 Å². The van der Waals surface area contributed by atoms with Crippen LogP contribution in [0.2, 0.25) is 0 Å². The van der Waals surface area contributed by atoms with Gasteiger partial charge in [0.15, 0.2) is 0 Å². The second-order valence-electron chi connectivity index (χ2n) is 3.08. The fourth-order valence-electron chi connectivity index (χ4n) is 1.54. The van der Waals surface area contributed by atoms with Crippen molar-refractivity contribution >= 4 is 26.8 Å². The van der Waals surface area contributed by atoms with Crippen molar-refractivity contribution in [3.63, 3.8) is 0 Å². The lowest BCUT2D eigenvalue weighted by Gasteiger charge is -2.05. The van der Waals surface area contributed by atoms with Crippen LogP contribution in [-0.2, 0) is 6.42 Å². The van der Waals surface area contributed by atoms with E-state index in [-0.39, 0.29) is 5.75 Å². The summed E-state index contributed by atoms with van der Waals surface area (Å²) in [4.78, 5) is 4.16. The zero-order valence-corrected chi connectivity index (χ0v) is 9.16. The summed E-state index contributed by atoms with van der Waals surface area (Å²) < 4.78 is 0. The van der Waals surface area contributed by atoms with Crippen LogP contribution < -0.4 is 0 Å². The molecule has 0 saturated heterocycles. The third-order valence-electron chi connectivity index (χ3n) is 2.20. The van der Waals surface area contributed by atoms with Crippen LogP contribution in [0.3, 0.4) is 0 Å². The summed E-state index contributed by atoms with van der Waals surface area (Å²) >= 11 is 3.41. The van der Waals surface area contributed by atoms with Gasteiger partial charge in [-0.15, -0.1) is 0 Å². The largest absolute Gasteiger partial charge is 0.506 e. The van der Waals surface area contributed by atoms with Gasteiger partial charge >= 0.3 is 0 Å². The average molecular weight is 252 g/mol. The highest BCUT2D eigenvalue weighted by Crippen LogP contribution is 2.25. The third kappa shape index (κ3) is 1.60. The summed E-state index contributed by atoms with van der Waals surface area (Å²) in [6.45, 7) is 0. The van der Waals surface area contributed by atoms with Crippen LogP contribution >= 0.6 is 15.9 Å². The van der Waals surface area contributed by atoms with E-state index in [0.29, 0.717) is 5.52 Å². The van der Waals surface area contributed by atoms with Crippen LogP contribution in [0.15, 0.2) is 30.5 Å². The molecule has 2 rings (SSSR count). The summed E-state index contributed by atoms with van der Waals surface area (Å²) in [7, 11) is 0. The van der Waals surface area contributed by atoms with Crippen LogP contribution in [0, 0.1) is 0 Å². The molecule has 72 valence electrons. The number of phenols is 1. The Kier molecular flexibility index (Phi) is 2.68. The van der Waals surface area contributed by atoms with E-state index in [2.05, 4.69) is 20.9 Å². The van der Waals surface area contributed by atoms with Crippen LogP contribution in [0.1, 0.15) is 5.56 Å². The first-order chi connectivity index (χ1) is 6.83. The van der Waals surface area contributed by atoms with E-state index in [4.69, 9.17) is 0 Å². The van der Waals surface area contributed by atoms with E-state index in [9.17, 15) is 5.11 Å². The Bertz CT molecular complexity index is 456. The van der Waals surface area contributed by atoms with E-state index in [1.54, 1.807) is 12.3 Å². The molecule has 1 aromatic heterocycles. The summed E-state index contributed by atoms with van der Waals surface area (Å²) in [5.74, 6) is 0.249. The maximum Gasteiger partial charge on any atom is 0.141 e. The fraction of sp³-hybridized carbons (Fsp3) is 0.182. The molecule has 14 heavy (non-hydrogen) atoms. The molecular formula is C11H10BrNO. The van der Waals surface area contributed by atoms with Crippen molar-refractivity contribution in [2.45, 2.75) is 6.42 Å². The second-order valence-corrected chi connectivity index (χ2v) is 3.88. The molecule has 0 spiro atoms. The molecule has 2 nitrogen and oxygen atoms in total. The molecule has 0 unspecified atom stereocenters. The molecule has 0 bridgehead atoms. The van der Waals surface area contributed by atoms with E-state index < -0.39 is 0 Å². The van der Waals surface area contributed by atoms with Gasteiger partial charge in [-0.1, -0.05) is 28.1 Å². The Hall–Kier alpha value is -1.09. The fourth-order valence-corrected chi connectivity index (χ4v) is 1.96. The van der Waals surface area contributed by atoms with Crippen molar-refractivity contribution in [3.05, 3.63) is 36.0 Å². The van der Waals surface area contributed by atoms with Crippen LogP contribution in [-0.4, -0.2) is 15.4 Å². The topological polar surface area (TPSA) is 33.1 Å². The number of hydrogen-bond donors (Lipinski definition) is 1. The van der Waals surface area contributed by atoms with Gasteiger partial charge in [0.2, 0.25) is 0 Å². The van der Waals surface area contributed by atoms with Crippen molar-refractivity contribution in [2.24, 2.45) is 0 Å². The van der Waals surface area contributed by atoms with E-state index in [0.717, 1.165) is 17.1 Å². The minimum Gasteiger partial charge on any atom is -0.506 e. The van der Waals surface area contributed by atoms with E-state index >= 15 is 0 Å². The highest BCUT2D eigenvalue weighted by Gasteiger charge is 2.04. The first kappa shape index (κ1) is 9.46. The molecule has 0 atom stereocenters. The maximum absolute atomic E-state index is 9.59. The minimum absolute atomic E-state index is 0.249. The number of nitrogens with zero attached hydrogens (tertiary/aromatic N) is 1. The number of phenolic OH excluding ortho intramolecular Hbond substituents is 1. The molecule has 0 aliphatic heterocycles. The summed E-state index contributed by atoms with van der Waals surface area (Å²) in [6.07, 6.45) is 2.64. The highest BCUT2D eigenvalue weighted by atomic mass is 79.9. The molecule has 0 amide bonds. The molecule has 0 saturated carbocycles. The van der Waals surface area contributed by atoms with Gasteiger partial charge in [0.05, 0.1) is 0 Å². The zero-order valence-electron chi connectivity index (χ0n) is 7.57. The van der Waals surface area contributed by atoms with Crippen molar-refractivity contribution in [2.75, 3.05) is 5.33 Å². The quantitative estimate of drug-likeness (QED) is 0.833. The van der Waals surface area contributed by atoms with Crippen LogP contribution in [0.25, 0.3) is 10.9 Å². The lowest BCUT2D eigenvalue weighted by atomic mass is 10.1. The van der Waals surface area contributed by atoms with Gasteiger partial charge in [-0.3, -0.25) is 4.98 Å². The highest BCUT2D eigenvalue weighted by molar-refractivity contribution is 9.09. The number of fused-ring (bicyclic) bond motifs is 1. The Morgan fingerprint density at radius 2 is 2.14 bits per heavy atom. The Morgan fingerprint density at radius 1 is 1.29 bits per heavy atom. The molecule has 0 aliphatic carbocycles. The number of pyridine rings is 1. The summed E-state index contributed by atoms with van der Waals surface area (Å²) in [5.41, 5.74) is 1.90. The summed E-state index contributed by atoms with van der Waals surface area (Å²) in [6, 6.07) is 7.52. The number of aromatic nitrogens is 1. The molecule has 0 fully saturated rings. The first-order valence-corrected chi connectivity index (χ1v) is 5.56. The van der Waals surface area contributed by atoms with Crippen molar-refractivity contribution < 1.29 is 5.11 Å². The van der Waals surface area contributed by atoms with Crippen molar-refractivity contribution in [1.82, 2.24) is 4.98 Å². The molecule has 1 heterocycles. The lowest BCUT2D eigenvalue weighted by Crippen LogP contribution is -1.89. The number of hydrogen-bond acceptors (Lipinski definition) is 2.